The maximum Gasteiger partial charge on any atom is 0.0252 e. The fourth-order valence-corrected chi connectivity index (χ4v) is 4.14. The van der Waals surface area contributed by atoms with Gasteiger partial charge in [0, 0.05) is 29.4 Å². The van der Waals surface area contributed by atoms with E-state index >= 15 is 0 Å². The second-order valence-electron chi connectivity index (χ2n) is 5.95. The van der Waals surface area contributed by atoms with E-state index in [2.05, 4.69) is 83.8 Å². The van der Waals surface area contributed by atoms with Gasteiger partial charge >= 0.3 is 0 Å². The molecule has 3 aromatic carbocycles. The van der Waals surface area contributed by atoms with Gasteiger partial charge in [-0.15, -0.1) is 0 Å². The average molecular weight is 317 g/mol. The van der Waals surface area contributed by atoms with Crippen LogP contribution < -0.4 is 0 Å². The molecule has 0 N–H and O–H groups in total. The van der Waals surface area contributed by atoms with Crippen LogP contribution in [0, 0.1) is 0 Å². The monoisotopic (exact) mass is 317 g/mol. The Balaban J connectivity index is 1.71. The summed E-state index contributed by atoms with van der Waals surface area (Å²) in [6, 6.07) is 28.3. The molecule has 23 heavy (non-hydrogen) atoms. The van der Waals surface area contributed by atoms with E-state index in [4.69, 9.17) is 0 Å². The lowest BCUT2D eigenvalue weighted by atomic mass is 10.1. The predicted octanol–water partition coefficient (Wildman–Crippen LogP) is 5.35. The Morgan fingerprint density at radius 1 is 0.652 bits per heavy atom. The van der Waals surface area contributed by atoms with Crippen LogP contribution in [-0.4, -0.2) is 4.90 Å². The van der Waals surface area contributed by atoms with Crippen molar-refractivity contribution in [1.29, 1.82) is 0 Å². The molecule has 0 saturated carbocycles. The summed E-state index contributed by atoms with van der Waals surface area (Å²) in [5.41, 5.74) is 4.21. The van der Waals surface area contributed by atoms with Gasteiger partial charge in [0.15, 0.2) is 0 Å². The van der Waals surface area contributed by atoms with Gasteiger partial charge in [-0.05, 0) is 28.8 Å². The van der Waals surface area contributed by atoms with Gasteiger partial charge in [0.1, 0.15) is 0 Å². The first-order chi connectivity index (χ1) is 11.4. The summed E-state index contributed by atoms with van der Waals surface area (Å²) in [6.07, 6.45) is 0. The molecule has 0 saturated heterocycles. The zero-order valence-corrected chi connectivity index (χ0v) is 13.8. The van der Waals surface area contributed by atoms with Crippen molar-refractivity contribution in [3.8, 4) is 0 Å². The van der Waals surface area contributed by atoms with Crippen LogP contribution in [0.2, 0.25) is 0 Å². The smallest absolute Gasteiger partial charge is 0.0252 e. The second kappa shape index (κ2) is 6.61. The molecule has 0 aromatic heterocycles. The molecule has 0 unspecified atom stereocenters. The first kappa shape index (κ1) is 14.6. The highest BCUT2D eigenvalue weighted by Crippen LogP contribution is 2.36. The Bertz CT molecular complexity index is 750. The molecule has 0 amide bonds. The highest BCUT2D eigenvalue weighted by Gasteiger charge is 2.17. The summed E-state index contributed by atoms with van der Waals surface area (Å²) in [6.45, 7) is 2.97. The van der Waals surface area contributed by atoms with Crippen LogP contribution in [0.3, 0.4) is 0 Å². The van der Waals surface area contributed by atoms with E-state index in [1.807, 2.05) is 11.8 Å². The maximum atomic E-state index is 2.53. The van der Waals surface area contributed by atoms with Crippen LogP contribution in [-0.2, 0) is 19.6 Å². The van der Waals surface area contributed by atoms with Gasteiger partial charge in [-0.25, -0.2) is 0 Å². The van der Waals surface area contributed by atoms with Gasteiger partial charge in [0.05, 0.1) is 0 Å². The second-order valence-corrected chi connectivity index (χ2v) is 7.03. The zero-order chi connectivity index (χ0) is 15.5. The lowest BCUT2D eigenvalue weighted by Gasteiger charge is -2.27. The van der Waals surface area contributed by atoms with Crippen molar-refractivity contribution < 1.29 is 0 Å². The zero-order valence-electron chi connectivity index (χ0n) is 13.0. The van der Waals surface area contributed by atoms with E-state index in [0.717, 1.165) is 19.6 Å². The van der Waals surface area contributed by atoms with Gasteiger partial charge in [-0.3, -0.25) is 4.90 Å². The molecule has 3 aromatic rings. The number of hydrogen-bond acceptors (Lipinski definition) is 2. The van der Waals surface area contributed by atoms with Crippen molar-refractivity contribution in [3.05, 3.63) is 95.6 Å². The van der Waals surface area contributed by atoms with Crippen molar-refractivity contribution in [3.63, 3.8) is 0 Å². The first-order valence-corrected chi connectivity index (χ1v) is 8.80. The van der Waals surface area contributed by atoms with E-state index in [0.29, 0.717) is 0 Å². The van der Waals surface area contributed by atoms with Crippen molar-refractivity contribution in [2.45, 2.75) is 29.4 Å². The van der Waals surface area contributed by atoms with Crippen molar-refractivity contribution >= 4 is 11.8 Å². The Morgan fingerprint density at radius 2 is 1.17 bits per heavy atom. The van der Waals surface area contributed by atoms with Gasteiger partial charge in [0.25, 0.3) is 0 Å². The minimum Gasteiger partial charge on any atom is -0.290 e. The summed E-state index contributed by atoms with van der Waals surface area (Å²) in [5.74, 6) is 0. The number of rotatable bonds is 2. The van der Waals surface area contributed by atoms with Crippen LogP contribution in [0.25, 0.3) is 0 Å². The Kier molecular flexibility index (Phi) is 4.18. The van der Waals surface area contributed by atoms with Gasteiger partial charge in [0.2, 0.25) is 0 Å². The van der Waals surface area contributed by atoms with Crippen molar-refractivity contribution in [1.82, 2.24) is 4.90 Å². The summed E-state index contributed by atoms with van der Waals surface area (Å²) >= 11 is 1.90. The highest BCUT2D eigenvalue weighted by molar-refractivity contribution is 7.99. The molecule has 0 fully saturated rings. The quantitative estimate of drug-likeness (QED) is 0.626. The first-order valence-electron chi connectivity index (χ1n) is 7.98. The molecule has 2 heteroatoms. The minimum atomic E-state index is 0.980. The van der Waals surface area contributed by atoms with Crippen molar-refractivity contribution in [2.24, 2.45) is 0 Å². The summed E-state index contributed by atoms with van der Waals surface area (Å²) in [4.78, 5) is 5.28. The summed E-state index contributed by atoms with van der Waals surface area (Å²) in [7, 11) is 0. The molecule has 1 nitrogen and oxygen atoms in total. The van der Waals surface area contributed by atoms with Gasteiger partial charge in [-0.1, -0.05) is 78.5 Å². The molecule has 4 rings (SSSR count). The minimum absolute atomic E-state index is 0.980. The lowest BCUT2D eigenvalue weighted by Crippen LogP contribution is -2.24. The molecular formula is C21H19NS. The molecular weight excluding hydrogens is 298 g/mol. The fourth-order valence-electron chi connectivity index (χ4n) is 3.08. The normalized spacial score (nSPS) is 14.4. The maximum absolute atomic E-state index is 2.53. The number of benzene rings is 3. The molecule has 0 aliphatic carbocycles. The Labute approximate surface area is 142 Å². The Hall–Kier alpha value is -2.03. The molecule has 114 valence electrons. The topological polar surface area (TPSA) is 3.24 Å². The molecule has 1 heterocycles. The van der Waals surface area contributed by atoms with Crippen molar-refractivity contribution in [2.75, 3.05) is 0 Å². The number of hydrogen-bond donors (Lipinski definition) is 0. The average Bonchev–Trinajstić information content (AvgIpc) is 2.57. The molecule has 0 bridgehead atoms. The number of fused-ring (bicyclic) bond motifs is 2. The largest absolute Gasteiger partial charge is 0.290 e. The third kappa shape index (κ3) is 3.34. The SMILES string of the molecule is c1ccc(CN2Cc3ccccc3Sc3ccccc3C2)cc1. The fraction of sp³-hybridized carbons (Fsp3) is 0.143. The third-order valence-electron chi connectivity index (χ3n) is 4.20. The van der Waals surface area contributed by atoms with Crippen LogP contribution in [0.5, 0.6) is 0 Å². The molecule has 1 aliphatic rings. The van der Waals surface area contributed by atoms with E-state index in [1.165, 1.54) is 26.5 Å². The molecule has 1 aliphatic heterocycles. The van der Waals surface area contributed by atoms with Crippen LogP contribution in [0.15, 0.2) is 88.7 Å². The standard InChI is InChI=1S/C21H19NS/c1-2-8-17(9-3-1)14-22-15-18-10-4-6-12-20(18)23-21-13-7-5-11-19(21)16-22/h1-13H,14-16H2. The van der Waals surface area contributed by atoms with Gasteiger partial charge in [-0.2, -0.15) is 0 Å². The van der Waals surface area contributed by atoms with Gasteiger partial charge < -0.3 is 0 Å². The predicted molar refractivity (Wildman–Crippen MR) is 96.4 cm³/mol. The van der Waals surface area contributed by atoms with Crippen LogP contribution >= 0.6 is 11.8 Å². The summed E-state index contributed by atoms with van der Waals surface area (Å²) in [5, 5.41) is 0. The molecule has 0 atom stereocenters. The number of nitrogens with zero attached hydrogens (tertiary/aromatic N) is 1. The van der Waals surface area contributed by atoms with Crippen LogP contribution in [0.4, 0.5) is 0 Å². The van der Waals surface area contributed by atoms with E-state index in [1.54, 1.807) is 0 Å². The summed E-state index contributed by atoms with van der Waals surface area (Å²) < 4.78 is 0. The molecule has 0 radical (unpaired) electrons. The molecule has 0 spiro atoms. The van der Waals surface area contributed by atoms with Crippen LogP contribution in [0.1, 0.15) is 16.7 Å². The van der Waals surface area contributed by atoms with E-state index < -0.39 is 0 Å². The third-order valence-corrected chi connectivity index (χ3v) is 5.44. The Morgan fingerprint density at radius 3 is 1.78 bits per heavy atom. The van der Waals surface area contributed by atoms with E-state index in [-0.39, 0.29) is 0 Å². The lowest BCUT2D eigenvalue weighted by molar-refractivity contribution is 0.243. The highest BCUT2D eigenvalue weighted by atomic mass is 32.2. The van der Waals surface area contributed by atoms with E-state index in [9.17, 15) is 0 Å².